The summed E-state index contributed by atoms with van der Waals surface area (Å²) < 4.78 is 0. The Morgan fingerprint density at radius 2 is 1.62 bits per heavy atom. The molecule has 3 aromatic carbocycles. The summed E-state index contributed by atoms with van der Waals surface area (Å²) in [4.78, 5) is 35.0. The number of thiazole rings is 1. The maximum Gasteiger partial charge on any atom is 0.323 e. The molecule has 218 valence electrons. The Morgan fingerprint density at radius 1 is 0.976 bits per heavy atom. The van der Waals surface area contributed by atoms with Gasteiger partial charge < -0.3 is 15.1 Å². The Balaban J connectivity index is 1.28. The van der Waals surface area contributed by atoms with Crippen molar-refractivity contribution in [1.29, 1.82) is 0 Å². The molecule has 0 aliphatic carbocycles. The van der Waals surface area contributed by atoms with Gasteiger partial charge in [0, 0.05) is 62.0 Å². The van der Waals surface area contributed by atoms with Crippen LogP contribution < -0.4 is 10.6 Å². The maximum atomic E-state index is 13.6. The second-order valence-electron chi connectivity index (χ2n) is 10.8. The Hall–Kier alpha value is -4.01. The molecule has 1 aromatic heterocycles. The number of piperazine rings is 1. The van der Waals surface area contributed by atoms with Gasteiger partial charge in [0.2, 0.25) is 5.91 Å². The lowest BCUT2D eigenvalue weighted by Crippen LogP contribution is -2.51. The SMILES string of the molecule is C[C@@H]1CN(C(=O)CCCN(CCC(c2ccccc2)c2ccccc2)C(=O)Nc2nc(-c3ccccc3)cs2)CCN1. The molecular weight excluding hydrogens is 542 g/mol. The zero-order valence-corrected chi connectivity index (χ0v) is 24.9. The smallest absolute Gasteiger partial charge is 0.323 e. The number of hydrogen-bond donors (Lipinski definition) is 2. The zero-order valence-electron chi connectivity index (χ0n) is 24.1. The van der Waals surface area contributed by atoms with Crippen molar-refractivity contribution >= 4 is 28.4 Å². The number of hydrogen-bond acceptors (Lipinski definition) is 5. The van der Waals surface area contributed by atoms with Gasteiger partial charge in [-0.15, -0.1) is 11.3 Å². The number of benzene rings is 3. The van der Waals surface area contributed by atoms with Gasteiger partial charge in [0.05, 0.1) is 5.69 Å². The van der Waals surface area contributed by atoms with Crippen molar-refractivity contribution in [2.24, 2.45) is 0 Å². The van der Waals surface area contributed by atoms with Crippen molar-refractivity contribution in [2.45, 2.75) is 38.1 Å². The normalized spacial score (nSPS) is 15.0. The molecule has 0 saturated carbocycles. The zero-order chi connectivity index (χ0) is 29.1. The van der Waals surface area contributed by atoms with Crippen molar-refractivity contribution in [3.8, 4) is 11.3 Å². The van der Waals surface area contributed by atoms with Crippen LogP contribution >= 0.6 is 11.3 Å². The minimum Gasteiger partial charge on any atom is -0.340 e. The van der Waals surface area contributed by atoms with E-state index < -0.39 is 0 Å². The van der Waals surface area contributed by atoms with Gasteiger partial charge in [-0.2, -0.15) is 0 Å². The molecule has 1 fully saturated rings. The number of amides is 3. The molecule has 0 bridgehead atoms. The van der Waals surface area contributed by atoms with E-state index in [1.807, 2.05) is 57.6 Å². The van der Waals surface area contributed by atoms with Gasteiger partial charge in [0.1, 0.15) is 0 Å². The quantitative estimate of drug-likeness (QED) is 0.213. The number of carbonyl (C=O) groups excluding carboxylic acids is 2. The van der Waals surface area contributed by atoms with E-state index in [4.69, 9.17) is 0 Å². The van der Waals surface area contributed by atoms with Gasteiger partial charge in [0.15, 0.2) is 5.13 Å². The highest BCUT2D eigenvalue weighted by molar-refractivity contribution is 7.14. The van der Waals surface area contributed by atoms with E-state index in [1.54, 1.807) is 0 Å². The molecule has 2 heterocycles. The van der Waals surface area contributed by atoms with Crippen molar-refractivity contribution in [2.75, 3.05) is 38.0 Å². The van der Waals surface area contributed by atoms with Crippen molar-refractivity contribution in [1.82, 2.24) is 20.1 Å². The minimum atomic E-state index is -0.188. The Kier molecular flexibility index (Phi) is 10.4. The Bertz CT molecular complexity index is 1370. The average molecular weight is 582 g/mol. The van der Waals surface area contributed by atoms with E-state index in [2.05, 4.69) is 71.1 Å². The summed E-state index contributed by atoms with van der Waals surface area (Å²) in [5.41, 5.74) is 4.30. The third kappa shape index (κ3) is 8.05. The second-order valence-corrected chi connectivity index (χ2v) is 11.6. The molecule has 0 spiro atoms. The van der Waals surface area contributed by atoms with Crippen LogP contribution in [0.1, 0.15) is 43.2 Å². The van der Waals surface area contributed by atoms with Crippen LogP contribution in [0.25, 0.3) is 11.3 Å². The highest BCUT2D eigenvalue weighted by Crippen LogP contribution is 2.29. The van der Waals surface area contributed by atoms with Crippen molar-refractivity contribution < 1.29 is 9.59 Å². The van der Waals surface area contributed by atoms with Crippen LogP contribution in [-0.4, -0.2) is 65.5 Å². The van der Waals surface area contributed by atoms with Crippen molar-refractivity contribution in [3.63, 3.8) is 0 Å². The van der Waals surface area contributed by atoms with Crippen LogP contribution in [0, 0.1) is 0 Å². The largest absolute Gasteiger partial charge is 0.340 e. The summed E-state index contributed by atoms with van der Waals surface area (Å²) in [6, 6.07) is 31.0. The molecule has 42 heavy (non-hydrogen) atoms. The number of urea groups is 1. The summed E-state index contributed by atoms with van der Waals surface area (Å²) in [5, 5.41) is 8.95. The molecule has 1 aliphatic heterocycles. The third-order valence-electron chi connectivity index (χ3n) is 7.71. The number of rotatable bonds is 11. The summed E-state index contributed by atoms with van der Waals surface area (Å²) in [5.74, 6) is 0.304. The average Bonchev–Trinajstić information content (AvgIpc) is 3.50. The lowest BCUT2D eigenvalue weighted by atomic mass is 9.88. The predicted octanol–water partition coefficient (Wildman–Crippen LogP) is 6.47. The first kappa shape index (κ1) is 29.5. The third-order valence-corrected chi connectivity index (χ3v) is 8.46. The summed E-state index contributed by atoms with van der Waals surface area (Å²) >= 11 is 1.42. The Morgan fingerprint density at radius 3 is 2.26 bits per heavy atom. The van der Waals surface area contributed by atoms with Gasteiger partial charge in [-0.3, -0.25) is 10.1 Å². The van der Waals surface area contributed by atoms with Gasteiger partial charge in [-0.25, -0.2) is 9.78 Å². The standard InChI is InChI=1S/C34H39N5O2S/c1-26-24-39(23-20-35-26)32(40)18-11-21-38(34(41)37-33-36-31(25-42-33)29-16-9-4-10-17-29)22-19-30(27-12-5-2-6-13-27)28-14-7-3-8-15-28/h2-10,12-17,25-26,30,35H,11,18-24H2,1H3,(H,36,37,41)/t26-/m1/s1. The lowest BCUT2D eigenvalue weighted by Gasteiger charge is -2.32. The molecule has 1 saturated heterocycles. The molecule has 3 amide bonds. The van der Waals surface area contributed by atoms with Crippen LogP contribution in [0.5, 0.6) is 0 Å². The molecular formula is C34H39N5O2S. The van der Waals surface area contributed by atoms with E-state index in [0.717, 1.165) is 37.3 Å². The van der Waals surface area contributed by atoms with Gasteiger partial charge in [-0.1, -0.05) is 91.0 Å². The van der Waals surface area contributed by atoms with E-state index in [0.29, 0.717) is 37.1 Å². The van der Waals surface area contributed by atoms with E-state index in [1.165, 1.54) is 22.5 Å². The number of anilines is 1. The second kappa shape index (κ2) is 14.8. The molecule has 0 unspecified atom stereocenters. The van der Waals surface area contributed by atoms with E-state index >= 15 is 0 Å². The van der Waals surface area contributed by atoms with Gasteiger partial charge in [-0.05, 0) is 30.9 Å². The number of nitrogens with one attached hydrogen (secondary N) is 2. The molecule has 2 N–H and O–H groups in total. The summed E-state index contributed by atoms with van der Waals surface area (Å²) in [6.45, 7) is 5.43. The molecule has 5 rings (SSSR count). The predicted molar refractivity (Wildman–Crippen MR) is 171 cm³/mol. The molecule has 0 radical (unpaired) electrons. The van der Waals surface area contributed by atoms with Crippen LogP contribution in [0.2, 0.25) is 0 Å². The monoisotopic (exact) mass is 581 g/mol. The topological polar surface area (TPSA) is 77.6 Å². The van der Waals surface area contributed by atoms with Crippen LogP contribution in [0.3, 0.4) is 0 Å². The molecule has 4 aromatic rings. The lowest BCUT2D eigenvalue weighted by molar-refractivity contribution is -0.132. The number of aromatic nitrogens is 1. The summed E-state index contributed by atoms with van der Waals surface area (Å²) in [7, 11) is 0. The van der Waals surface area contributed by atoms with E-state index in [-0.39, 0.29) is 17.9 Å². The van der Waals surface area contributed by atoms with Crippen LogP contribution in [0.15, 0.2) is 96.4 Å². The molecule has 7 nitrogen and oxygen atoms in total. The van der Waals surface area contributed by atoms with E-state index in [9.17, 15) is 9.59 Å². The fraction of sp³-hybridized carbons (Fsp3) is 0.324. The van der Waals surface area contributed by atoms with Crippen LogP contribution in [-0.2, 0) is 4.79 Å². The summed E-state index contributed by atoms with van der Waals surface area (Å²) in [6.07, 6.45) is 1.80. The molecule has 8 heteroatoms. The maximum absolute atomic E-state index is 13.6. The first-order valence-electron chi connectivity index (χ1n) is 14.7. The van der Waals surface area contributed by atoms with Gasteiger partial charge >= 0.3 is 6.03 Å². The Labute approximate surface area is 252 Å². The minimum absolute atomic E-state index is 0.149. The fourth-order valence-electron chi connectivity index (χ4n) is 5.48. The van der Waals surface area contributed by atoms with Crippen LogP contribution in [0.4, 0.5) is 9.93 Å². The van der Waals surface area contributed by atoms with Gasteiger partial charge in [0.25, 0.3) is 0 Å². The molecule has 1 aliphatic rings. The number of carbonyl (C=O) groups is 2. The highest BCUT2D eigenvalue weighted by Gasteiger charge is 2.23. The fourth-order valence-corrected chi connectivity index (χ4v) is 6.19. The first-order valence-corrected chi connectivity index (χ1v) is 15.6. The highest BCUT2D eigenvalue weighted by atomic mass is 32.1. The molecule has 1 atom stereocenters. The van der Waals surface area contributed by atoms with Crippen molar-refractivity contribution in [3.05, 3.63) is 108 Å². The number of nitrogens with zero attached hydrogens (tertiary/aromatic N) is 3. The first-order chi connectivity index (χ1) is 20.6.